The van der Waals surface area contributed by atoms with Gasteiger partial charge in [-0.3, -0.25) is 4.79 Å². The Labute approximate surface area is 116 Å². The molecule has 4 nitrogen and oxygen atoms in total. The number of nitrogens with one attached hydrogen (secondary N) is 1. The van der Waals surface area contributed by atoms with E-state index in [9.17, 15) is 9.59 Å². The van der Waals surface area contributed by atoms with E-state index in [0.29, 0.717) is 24.9 Å². The number of carboxylic acid groups (broad SMARTS) is 1. The minimum Gasteiger partial charge on any atom is -0.478 e. The predicted molar refractivity (Wildman–Crippen MR) is 74.3 cm³/mol. The topological polar surface area (TPSA) is 66.4 Å². The Hall–Kier alpha value is -1.99. The highest BCUT2D eigenvalue weighted by Crippen LogP contribution is 2.23. The number of unbranched alkanes of at least 4 members (excludes halogenated alkanes) is 2. The Morgan fingerprint density at radius 3 is 2.68 bits per heavy atom. The first kappa shape index (κ1) is 15.1. The molecule has 0 saturated heterocycles. The molecule has 0 aromatic heterocycles. The second-order valence-electron chi connectivity index (χ2n) is 3.96. The number of carboxylic acids is 1. The third-order valence-electron chi connectivity index (χ3n) is 2.47. The van der Waals surface area contributed by atoms with Crippen molar-refractivity contribution in [3.05, 3.63) is 28.8 Å². The standard InChI is InChI=1S/C14H14ClNO3/c1-2-3-4-5-6-13(17)16-12-8-7-10(14(18)19)9-11(12)15/h1,7-9H,3-6H2,(H,16,17)(H,18,19). The number of rotatable bonds is 6. The normalized spacial score (nSPS) is 9.68. The lowest BCUT2D eigenvalue weighted by atomic mass is 10.1. The zero-order chi connectivity index (χ0) is 14.3. The van der Waals surface area contributed by atoms with E-state index in [-0.39, 0.29) is 16.5 Å². The molecule has 0 spiro atoms. The van der Waals surface area contributed by atoms with E-state index in [1.165, 1.54) is 18.2 Å². The number of amides is 1. The first-order valence-corrected chi connectivity index (χ1v) is 6.18. The van der Waals surface area contributed by atoms with Gasteiger partial charge in [0.1, 0.15) is 0 Å². The van der Waals surface area contributed by atoms with E-state index in [2.05, 4.69) is 11.2 Å². The Morgan fingerprint density at radius 1 is 1.37 bits per heavy atom. The summed E-state index contributed by atoms with van der Waals surface area (Å²) >= 11 is 5.90. The third-order valence-corrected chi connectivity index (χ3v) is 2.78. The predicted octanol–water partition coefficient (Wildman–Crippen LogP) is 3.17. The van der Waals surface area contributed by atoms with Crippen molar-refractivity contribution in [2.45, 2.75) is 25.7 Å². The van der Waals surface area contributed by atoms with Crippen LogP contribution in [0.1, 0.15) is 36.0 Å². The van der Waals surface area contributed by atoms with Gasteiger partial charge in [-0.2, -0.15) is 0 Å². The number of carbonyl (C=O) groups excluding carboxylic acids is 1. The summed E-state index contributed by atoms with van der Waals surface area (Å²) in [4.78, 5) is 22.3. The van der Waals surface area contributed by atoms with Gasteiger partial charge in [0.25, 0.3) is 0 Å². The number of hydrogen-bond acceptors (Lipinski definition) is 2. The third kappa shape index (κ3) is 5.02. The molecule has 1 rings (SSSR count). The maximum absolute atomic E-state index is 11.6. The van der Waals surface area contributed by atoms with Gasteiger partial charge >= 0.3 is 5.97 Å². The summed E-state index contributed by atoms with van der Waals surface area (Å²) in [7, 11) is 0. The summed E-state index contributed by atoms with van der Waals surface area (Å²) in [5, 5.41) is 11.6. The Bertz CT molecular complexity index is 520. The highest BCUT2D eigenvalue weighted by atomic mass is 35.5. The zero-order valence-corrected chi connectivity index (χ0v) is 11.0. The molecule has 0 radical (unpaired) electrons. The Balaban J connectivity index is 2.55. The van der Waals surface area contributed by atoms with Crippen LogP contribution in [0.15, 0.2) is 18.2 Å². The van der Waals surface area contributed by atoms with Gasteiger partial charge in [-0.05, 0) is 31.0 Å². The van der Waals surface area contributed by atoms with Crippen LogP contribution in [-0.4, -0.2) is 17.0 Å². The average molecular weight is 280 g/mol. The van der Waals surface area contributed by atoms with Crippen molar-refractivity contribution in [3.63, 3.8) is 0 Å². The summed E-state index contributed by atoms with van der Waals surface area (Å²) in [5.74, 6) is 1.28. The van der Waals surface area contributed by atoms with Crippen molar-refractivity contribution in [2.75, 3.05) is 5.32 Å². The van der Waals surface area contributed by atoms with Gasteiger partial charge in [-0.1, -0.05) is 11.6 Å². The summed E-state index contributed by atoms with van der Waals surface area (Å²) in [6.45, 7) is 0. The summed E-state index contributed by atoms with van der Waals surface area (Å²) < 4.78 is 0. The van der Waals surface area contributed by atoms with E-state index in [0.717, 1.165) is 6.42 Å². The molecule has 0 aliphatic carbocycles. The van der Waals surface area contributed by atoms with E-state index < -0.39 is 5.97 Å². The molecule has 100 valence electrons. The second kappa shape index (κ2) is 7.45. The highest BCUT2D eigenvalue weighted by Gasteiger charge is 2.09. The van der Waals surface area contributed by atoms with Crippen LogP contribution in [0.4, 0.5) is 5.69 Å². The number of hydrogen-bond donors (Lipinski definition) is 2. The first-order valence-electron chi connectivity index (χ1n) is 5.80. The Morgan fingerprint density at radius 2 is 2.11 bits per heavy atom. The SMILES string of the molecule is C#CCCCCC(=O)Nc1ccc(C(=O)O)cc1Cl. The molecule has 0 saturated carbocycles. The van der Waals surface area contributed by atoms with E-state index in [4.69, 9.17) is 23.1 Å². The minimum atomic E-state index is -1.06. The molecule has 1 amide bonds. The van der Waals surface area contributed by atoms with Crippen molar-refractivity contribution in [3.8, 4) is 12.3 Å². The fraction of sp³-hybridized carbons (Fsp3) is 0.286. The summed E-state index contributed by atoms with van der Waals surface area (Å²) in [5.41, 5.74) is 0.491. The van der Waals surface area contributed by atoms with Gasteiger partial charge < -0.3 is 10.4 Å². The smallest absolute Gasteiger partial charge is 0.335 e. The number of benzene rings is 1. The molecular weight excluding hydrogens is 266 g/mol. The van der Waals surface area contributed by atoms with Crippen LogP contribution in [0.3, 0.4) is 0 Å². The van der Waals surface area contributed by atoms with Gasteiger partial charge in [0, 0.05) is 12.8 Å². The van der Waals surface area contributed by atoms with Gasteiger partial charge in [0.15, 0.2) is 0 Å². The molecule has 1 aromatic carbocycles. The second-order valence-corrected chi connectivity index (χ2v) is 4.37. The zero-order valence-electron chi connectivity index (χ0n) is 10.3. The quantitative estimate of drug-likeness (QED) is 0.621. The van der Waals surface area contributed by atoms with Crippen molar-refractivity contribution < 1.29 is 14.7 Å². The molecule has 0 unspecified atom stereocenters. The molecule has 0 heterocycles. The van der Waals surface area contributed by atoms with Crippen molar-refractivity contribution >= 4 is 29.2 Å². The van der Waals surface area contributed by atoms with Gasteiger partial charge in [0.2, 0.25) is 5.91 Å². The van der Waals surface area contributed by atoms with E-state index in [1.807, 2.05) is 0 Å². The van der Waals surface area contributed by atoms with Crippen molar-refractivity contribution in [1.29, 1.82) is 0 Å². The van der Waals surface area contributed by atoms with Gasteiger partial charge in [-0.15, -0.1) is 12.3 Å². The molecule has 19 heavy (non-hydrogen) atoms. The molecule has 5 heteroatoms. The van der Waals surface area contributed by atoms with Crippen molar-refractivity contribution in [2.24, 2.45) is 0 Å². The van der Waals surface area contributed by atoms with Crippen LogP contribution in [0.25, 0.3) is 0 Å². The highest BCUT2D eigenvalue weighted by molar-refractivity contribution is 6.34. The molecule has 0 bridgehead atoms. The van der Waals surface area contributed by atoms with Crippen LogP contribution in [-0.2, 0) is 4.79 Å². The monoisotopic (exact) mass is 279 g/mol. The minimum absolute atomic E-state index is 0.0806. The van der Waals surface area contributed by atoms with E-state index in [1.54, 1.807) is 0 Å². The average Bonchev–Trinajstić information content (AvgIpc) is 2.37. The summed E-state index contributed by atoms with van der Waals surface area (Å²) in [6.07, 6.45) is 7.64. The largest absolute Gasteiger partial charge is 0.478 e. The lowest BCUT2D eigenvalue weighted by Gasteiger charge is -2.07. The van der Waals surface area contributed by atoms with Crippen LogP contribution in [0.5, 0.6) is 0 Å². The number of carbonyl (C=O) groups is 2. The molecule has 1 aromatic rings. The molecule has 0 aliphatic heterocycles. The number of aromatic carboxylic acids is 1. The number of terminal acetylenes is 1. The maximum atomic E-state index is 11.6. The molecule has 2 N–H and O–H groups in total. The maximum Gasteiger partial charge on any atom is 0.335 e. The van der Waals surface area contributed by atoms with Crippen molar-refractivity contribution in [1.82, 2.24) is 0 Å². The molecule has 0 atom stereocenters. The van der Waals surface area contributed by atoms with Crippen LogP contribution in [0, 0.1) is 12.3 Å². The van der Waals surface area contributed by atoms with E-state index >= 15 is 0 Å². The first-order chi connectivity index (χ1) is 9.04. The number of halogens is 1. The van der Waals surface area contributed by atoms with Crippen LogP contribution in [0.2, 0.25) is 5.02 Å². The number of anilines is 1. The summed E-state index contributed by atoms with van der Waals surface area (Å²) in [6, 6.07) is 4.17. The lowest BCUT2D eigenvalue weighted by Crippen LogP contribution is -2.11. The fourth-order valence-electron chi connectivity index (χ4n) is 1.47. The van der Waals surface area contributed by atoms with Crippen LogP contribution < -0.4 is 5.32 Å². The molecule has 0 aliphatic rings. The lowest BCUT2D eigenvalue weighted by molar-refractivity contribution is -0.116. The molecule has 0 fully saturated rings. The van der Waals surface area contributed by atoms with Gasteiger partial charge in [0.05, 0.1) is 16.3 Å². The Kier molecular flexibility index (Phi) is 5.91. The van der Waals surface area contributed by atoms with Crippen LogP contribution >= 0.6 is 11.6 Å². The molecular formula is C14H14ClNO3. The fourth-order valence-corrected chi connectivity index (χ4v) is 1.70. The van der Waals surface area contributed by atoms with Gasteiger partial charge in [-0.25, -0.2) is 4.79 Å².